The fourth-order valence-corrected chi connectivity index (χ4v) is 7.26. The second kappa shape index (κ2) is 35.0. The van der Waals surface area contributed by atoms with Crippen molar-refractivity contribution in [2.45, 2.75) is 139 Å². The first-order chi connectivity index (χ1) is 36.6. The van der Waals surface area contributed by atoms with E-state index in [4.69, 9.17) is 28.0 Å². The van der Waals surface area contributed by atoms with E-state index in [1.54, 1.807) is 37.3 Å². The lowest BCUT2D eigenvalue weighted by molar-refractivity contribution is -0.144. The summed E-state index contributed by atoms with van der Waals surface area (Å²) < 4.78 is 0. The van der Waals surface area contributed by atoms with E-state index in [1.165, 1.54) is 6.92 Å². The third-order valence-electron chi connectivity index (χ3n) is 11.6. The SMILES string of the molecule is CC[C@H](C)[C@H](NC(=O)[C@@H](NC(=O)[C@H](CCCCN)NC(=O)[C@H](CC(N)=O)NC(=O)[C@H](CC(N)=O)NC(=O)[C@@H](N)Cc1ccccc1)[C@@H](C)O)C(=O)N[C@@H](CS)C(=O)N[C@@H](CC(=O)O)C(=O)N[C@@H](CO)C(=O)N[C@@H](CO)C(=O)O. The second-order valence-electron chi connectivity index (χ2n) is 17.9. The number of carbonyl (C=O) groups excluding carboxylic acids is 11. The van der Waals surface area contributed by atoms with Crippen molar-refractivity contribution in [2.75, 3.05) is 25.5 Å². The van der Waals surface area contributed by atoms with Gasteiger partial charge in [0.25, 0.3) is 0 Å². The van der Waals surface area contributed by atoms with Crippen LogP contribution in [0.25, 0.3) is 0 Å². The molecule has 12 atom stereocenters. The Morgan fingerprint density at radius 2 is 0.949 bits per heavy atom. The molecule has 0 aliphatic heterocycles. The molecule has 0 fully saturated rings. The van der Waals surface area contributed by atoms with Gasteiger partial charge in [0.1, 0.15) is 54.4 Å². The van der Waals surface area contributed by atoms with Crippen molar-refractivity contribution in [3.8, 4) is 0 Å². The highest BCUT2D eigenvalue weighted by Gasteiger charge is 2.38. The van der Waals surface area contributed by atoms with E-state index < -0.39 is 188 Å². The number of carboxylic acids is 2. The number of nitrogens with one attached hydrogen (secondary N) is 9. The fourth-order valence-electron chi connectivity index (χ4n) is 7.01. The molecular formula is C46H73N13O18S. The van der Waals surface area contributed by atoms with Gasteiger partial charge in [0.2, 0.25) is 65.0 Å². The van der Waals surface area contributed by atoms with E-state index >= 15 is 0 Å². The third-order valence-corrected chi connectivity index (χ3v) is 12.0. The van der Waals surface area contributed by atoms with Crippen LogP contribution in [-0.4, -0.2) is 194 Å². The zero-order valence-electron chi connectivity index (χ0n) is 43.1. The predicted octanol–water partition coefficient (Wildman–Crippen LogP) is -8.30. The Labute approximate surface area is 453 Å². The lowest BCUT2D eigenvalue weighted by atomic mass is 9.97. The number of aliphatic hydroxyl groups is 3. The highest BCUT2D eigenvalue weighted by Crippen LogP contribution is 2.12. The Bertz CT molecular complexity index is 2260. The van der Waals surface area contributed by atoms with Crippen LogP contribution in [0.2, 0.25) is 0 Å². The van der Waals surface area contributed by atoms with E-state index in [2.05, 4.69) is 49.8 Å². The number of carboxylic acid groups (broad SMARTS) is 2. The number of aliphatic hydroxyl groups excluding tert-OH is 3. The quantitative estimate of drug-likeness (QED) is 0.0217. The Balaban J connectivity index is 3.37. The molecule has 1 aromatic rings. The van der Waals surface area contributed by atoms with Gasteiger partial charge >= 0.3 is 11.9 Å². The molecule has 0 bridgehead atoms. The van der Waals surface area contributed by atoms with Crippen LogP contribution in [0.3, 0.4) is 0 Å². The molecule has 436 valence electrons. The number of amides is 11. The van der Waals surface area contributed by atoms with Crippen LogP contribution in [0, 0.1) is 5.92 Å². The van der Waals surface area contributed by atoms with Crippen LogP contribution in [0.5, 0.6) is 0 Å². The zero-order chi connectivity index (χ0) is 59.4. The predicted molar refractivity (Wildman–Crippen MR) is 275 cm³/mol. The van der Waals surface area contributed by atoms with Crippen LogP contribution >= 0.6 is 12.6 Å². The summed E-state index contributed by atoms with van der Waals surface area (Å²) in [5.41, 5.74) is 23.1. The molecule has 0 unspecified atom stereocenters. The van der Waals surface area contributed by atoms with Crippen molar-refractivity contribution in [3.63, 3.8) is 0 Å². The molecule has 32 heteroatoms. The van der Waals surface area contributed by atoms with E-state index in [1.807, 2.05) is 10.6 Å². The van der Waals surface area contributed by atoms with E-state index in [0.717, 1.165) is 6.92 Å². The summed E-state index contributed by atoms with van der Waals surface area (Å²) in [6, 6.07) is -8.62. The Morgan fingerprint density at radius 1 is 0.538 bits per heavy atom. The number of primary amides is 2. The fraction of sp³-hybridized carbons (Fsp3) is 0.587. The van der Waals surface area contributed by atoms with E-state index in [9.17, 15) is 82.8 Å². The van der Waals surface area contributed by atoms with Crippen molar-refractivity contribution in [2.24, 2.45) is 28.9 Å². The van der Waals surface area contributed by atoms with Crippen LogP contribution in [0.1, 0.15) is 71.3 Å². The lowest BCUT2D eigenvalue weighted by Crippen LogP contribution is -2.63. The van der Waals surface area contributed by atoms with Gasteiger partial charge in [-0.2, -0.15) is 12.6 Å². The molecule has 1 aromatic carbocycles. The van der Waals surface area contributed by atoms with Gasteiger partial charge in [0.05, 0.1) is 44.6 Å². The van der Waals surface area contributed by atoms with Crippen LogP contribution in [-0.2, 0) is 68.7 Å². The van der Waals surface area contributed by atoms with Gasteiger partial charge in [-0.25, -0.2) is 4.79 Å². The normalized spacial score (nSPS) is 15.6. The number of rotatable bonds is 37. The molecule has 0 saturated carbocycles. The summed E-state index contributed by atoms with van der Waals surface area (Å²) in [6.07, 6.45) is -3.99. The maximum atomic E-state index is 14.0. The first-order valence-electron chi connectivity index (χ1n) is 24.4. The van der Waals surface area contributed by atoms with Crippen molar-refractivity contribution < 1.29 is 87.9 Å². The van der Waals surface area contributed by atoms with Crippen LogP contribution in [0.4, 0.5) is 0 Å². The number of thiol groups is 1. The summed E-state index contributed by atoms with van der Waals surface area (Å²) in [4.78, 5) is 168. The molecule has 22 N–H and O–H groups in total. The largest absolute Gasteiger partial charge is 0.481 e. The first kappa shape index (κ1) is 68.5. The number of hydrogen-bond donors (Lipinski definition) is 19. The average Bonchev–Trinajstić information content (AvgIpc) is 3.37. The minimum absolute atomic E-state index is 0.0290. The van der Waals surface area contributed by atoms with Gasteiger partial charge < -0.3 is 96.3 Å². The molecule has 0 radical (unpaired) electrons. The molecular weight excluding hydrogens is 1050 g/mol. The average molecular weight is 1130 g/mol. The second-order valence-corrected chi connectivity index (χ2v) is 18.3. The number of unbranched alkanes of at least 4 members (excludes halogenated alkanes) is 1. The summed E-state index contributed by atoms with van der Waals surface area (Å²) in [5, 5.41) is 68.2. The Hall–Kier alpha value is -7.52. The van der Waals surface area contributed by atoms with Crippen LogP contribution < -0.4 is 70.8 Å². The minimum atomic E-state index is -1.99. The first-order valence-corrected chi connectivity index (χ1v) is 25.0. The number of hydrogen-bond acceptors (Lipinski definition) is 19. The smallest absolute Gasteiger partial charge is 0.328 e. The topological polar surface area (TPSA) is 535 Å². The number of carbonyl (C=O) groups is 13. The van der Waals surface area contributed by atoms with Gasteiger partial charge in [-0.3, -0.25) is 57.5 Å². The number of nitrogens with two attached hydrogens (primary N) is 4. The zero-order valence-corrected chi connectivity index (χ0v) is 44.0. The maximum absolute atomic E-state index is 14.0. The maximum Gasteiger partial charge on any atom is 0.328 e. The molecule has 0 saturated heterocycles. The van der Waals surface area contributed by atoms with E-state index in [0.29, 0.717) is 12.0 Å². The molecule has 78 heavy (non-hydrogen) atoms. The number of aliphatic carboxylic acids is 2. The lowest BCUT2D eigenvalue weighted by Gasteiger charge is -2.30. The van der Waals surface area contributed by atoms with Crippen molar-refractivity contribution in [1.82, 2.24) is 47.9 Å². The van der Waals surface area contributed by atoms with Crippen molar-refractivity contribution in [1.29, 1.82) is 0 Å². The summed E-state index contributed by atoms with van der Waals surface area (Å²) in [5.74, 6) is -17.2. The van der Waals surface area contributed by atoms with Gasteiger partial charge in [-0.15, -0.1) is 0 Å². The van der Waals surface area contributed by atoms with Gasteiger partial charge in [0.15, 0.2) is 0 Å². The summed E-state index contributed by atoms with van der Waals surface area (Å²) in [6.45, 7) is 2.13. The van der Waals surface area contributed by atoms with Crippen LogP contribution in [0.15, 0.2) is 30.3 Å². The third kappa shape index (κ3) is 24.2. The highest BCUT2D eigenvalue weighted by atomic mass is 32.1. The molecule has 0 aliphatic rings. The molecule has 0 aliphatic carbocycles. The van der Waals surface area contributed by atoms with Crippen molar-refractivity contribution in [3.05, 3.63) is 35.9 Å². The monoisotopic (exact) mass is 1130 g/mol. The standard InChI is InChI=1S/C46H73N13O18S/c1-4-21(2)35(44(74)57-31(20-78)43(73)54-28(17-34(65)66)41(71)55-29(18-60)42(72)56-30(19-61)46(76)77)58-45(75)36(22(3)62)59-38(68)25(12-8-9-13-47)51-39(69)27(16-33(50)64)53-40(70)26(15-32(49)63)52-37(67)24(48)14-23-10-6-5-7-11-23/h5-7,10-11,21-22,24-31,35-36,60-62,78H,4,8-9,12-20,47-48H2,1-3H3,(H2,49,63)(H2,50,64)(H,51,69)(H,52,67)(H,53,70)(H,54,73)(H,55,71)(H,56,72)(H,57,74)(H,58,75)(H,59,68)(H,65,66)(H,76,77)/t21-,22+,24-,25-,26-,27-,28-,29-,30-,31-,35-,36-/m0/s1. The van der Waals surface area contributed by atoms with Gasteiger partial charge in [0, 0.05) is 5.75 Å². The molecule has 0 aromatic heterocycles. The Kier molecular flexibility index (Phi) is 30.7. The Morgan fingerprint density at radius 3 is 1.40 bits per heavy atom. The molecule has 0 spiro atoms. The van der Waals surface area contributed by atoms with Gasteiger partial charge in [-0.05, 0) is 50.6 Å². The molecule has 0 heterocycles. The minimum Gasteiger partial charge on any atom is -0.481 e. The number of benzene rings is 1. The van der Waals surface area contributed by atoms with E-state index in [-0.39, 0.29) is 32.2 Å². The molecule has 1 rings (SSSR count). The summed E-state index contributed by atoms with van der Waals surface area (Å²) >= 11 is 4.08. The molecule has 31 nitrogen and oxygen atoms in total. The van der Waals surface area contributed by atoms with Gasteiger partial charge in [-0.1, -0.05) is 50.6 Å². The highest BCUT2D eigenvalue weighted by molar-refractivity contribution is 7.80. The van der Waals surface area contributed by atoms with Crippen molar-refractivity contribution >= 4 is 89.5 Å². The summed E-state index contributed by atoms with van der Waals surface area (Å²) in [7, 11) is 0. The molecule has 11 amide bonds.